The monoisotopic (exact) mass is 370 g/mol. The molecule has 0 saturated heterocycles. The molecule has 5 heteroatoms. The van der Waals surface area contributed by atoms with Crippen LogP contribution in [0.1, 0.15) is 56.6 Å². The number of nitrogens with one attached hydrogen (secondary N) is 2. The molecule has 4 aliphatic carbocycles. The zero-order chi connectivity index (χ0) is 18.9. The SMILES string of the molecule is CNC(=O)NC(=O)[C@@H]([NH2+]CCC12CC3CC(CC(C3)C1)C2)c1ccccc1. The lowest BCUT2D eigenvalue weighted by Gasteiger charge is -2.56. The van der Waals surface area contributed by atoms with Gasteiger partial charge in [-0.05, 0) is 61.7 Å². The highest BCUT2D eigenvalue weighted by atomic mass is 16.2. The Bertz CT molecular complexity index is 653. The molecule has 5 rings (SSSR count). The molecule has 5 nitrogen and oxygen atoms in total. The first-order valence-electron chi connectivity index (χ1n) is 10.5. The van der Waals surface area contributed by atoms with E-state index < -0.39 is 6.03 Å². The minimum atomic E-state index is -0.449. The molecule has 3 amide bonds. The van der Waals surface area contributed by atoms with Crippen LogP contribution in [-0.4, -0.2) is 25.5 Å². The van der Waals surface area contributed by atoms with Crippen LogP contribution >= 0.6 is 0 Å². The van der Waals surface area contributed by atoms with Gasteiger partial charge in [0.25, 0.3) is 5.91 Å². The molecule has 0 aromatic heterocycles. The molecule has 1 aromatic rings. The van der Waals surface area contributed by atoms with Gasteiger partial charge in [0.2, 0.25) is 0 Å². The van der Waals surface area contributed by atoms with Crippen LogP contribution in [0.4, 0.5) is 4.79 Å². The number of imide groups is 1. The number of hydrogen-bond donors (Lipinski definition) is 3. The molecular formula is C22H32N3O2+. The van der Waals surface area contributed by atoms with Gasteiger partial charge in [-0.3, -0.25) is 10.1 Å². The number of carbonyl (C=O) groups is 2. The topological polar surface area (TPSA) is 74.8 Å². The van der Waals surface area contributed by atoms with Gasteiger partial charge < -0.3 is 10.6 Å². The quantitative estimate of drug-likeness (QED) is 0.719. The second kappa shape index (κ2) is 7.63. The van der Waals surface area contributed by atoms with Crippen LogP contribution in [0.5, 0.6) is 0 Å². The number of benzene rings is 1. The first-order chi connectivity index (χ1) is 13.1. The van der Waals surface area contributed by atoms with Crippen LogP contribution in [0.3, 0.4) is 0 Å². The summed E-state index contributed by atoms with van der Waals surface area (Å²) >= 11 is 0. The lowest BCUT2D eigenvalue weighted by Crippen LogP contribution is -2.88. The van der Waals surface area contributed by atoms with E-state index in [0.717, 1.165) is 29.9 Å². The summed E-state index contributed by atoms with van der Waals surface area (Å²) < 4.78 is 0. The molecule has 4 aliphatic rings. The van der Waals surface area contributed by atoms with Gasteiger partial charge in [-0.25, -0.2) is 4.79 Å². The standard InChI is InChI=1S/C22H31N3O2/c1-23-21(27)25-20(26)19(18-5-3-2-4-6-18)24-8-7-22-12-15-9-16(13-22)11-17(10-15)14-22/h2-6,15-17,19,24H,7-14H2,1H3,(H2,23,25,26,27)/p+1/t15?,16?,17?,19-,22?/m0/s1. The van der Waals surface area contributed by atoms with Crippen molar-refractivity contribution in [3.05, 3.63) is 35.9 Å². The van der Waals surface area contributed by atoms with E-state index in [1.54, 1.807) is 0 Å². The van der Waals surface area contributed by atoms with Crippen LogP contribution in [0.25, 0.3) is 0 Å². The number of quaternary nitrogens is 1. The van der Waals surface area contributed by atoms with E-state index in [0.29, 0.717) is 5.41 Å². The normalized spacial score (nSPS) is 32.1. The van der Waals surface area contributed by atoms with Gasteiger partial charge in [-0.15, -0.1) is 0 Å². The zero-order valence-electron chi connectivity index (χ0n) is 16.2. The number of hydrogen-bond acceptors (Lipinski definition) is 2. The Morgan fingerprint density at radius 3 is 2.22 bits per heavy atom. The van der Waals surface area contributed by atoms with E-state index >= 15 is 0 Å². The highest BCUT2D eigenvalue weighted by molar-refractivity contribution is 5.96. The van der Waals surface area contributed by atoms with E-state index in [2.05, 4.69) is 16.0 Å². The summed E-state index contributed by atoms with van der Waals surface area (Å²) in [7, 11) is 1.52. The van der Waals surface area contributed by atoms with Crippen molar-refractivity contribution in [2.75, 3.05) is 13.6 Å². The molecule has 27 heavy (non-hydrogen) atoms. The minimum Gasteiger partial charge on any atom is -0.341 e. The second-order valence-electron chi connectivity index (χ2n) is 9.15. The van der Waals surface area contributed by atoms with Crippen LogP contribution in [0.15, 0.2) is 30.3 Å². The molecule has 0 aliphatic heterocycles. The van der Waals surface area contributed by atoms with Crippen molar-refractivity contribution in [1.82, 2.24) is 10.6 Å². The maximum atomic E-state index is 12.7. The average molecular weight is 371 g/mol. The lowest BCUT2D eigenvalue weighted by molar-refractivity contribution is -0.684. The lowest BCUT2D eigenvalue weighted by atomic mass is 9.49. The molecule has 4 saturated carbocycles. The number of nitrogens with two attached hydrogens (primary N) is 1. The first kappa shape index (κ1) is 18.5. The molecule has 4 N–H and O–H groups in total. The van der Waals surface area contributed by atoms with Crippen LogP contribution in [0.2, 0.25) is 0 Å². The Balaban J connectivity index is 1.40. The molecule has 4 fully saturated rings. The molecular weight excluding hydrogens is 338 g/mol. The van der Waals surface area contributed by atoms with E-state index in [-0.39, 0.29) is 11.9 Å². The molecule has 1 atom stereocenters. The van der Waals surface area contributed by atoms with Crippen molar-refractivity contribution in [3.8, 4) is 0 Å². The average Bonchev–Trinajstić information content (AvgIpc) is 2.64. The summed E-state index contributed by atoms with van der Waals surface area (Å²) in [5.41, 5.74) is 1.47. The van der Waals surface area contributed by atoms with Gasteiger partial charge in [0.1, 0.15) is 0 Å². The summed E-state index contributed by atoms with van der Waals surface area (Å²) in [5.74, 6) is 2.62. The second-order valence-corrected chi connectivity index (χ2v) is 9.15. The summed E-state index contributed by atoms with van der Waals surface area (Å²) in [6.45, 7) is 0.937. The largest absolute Gasteiger partial charge is 0.341 e. The smallest absolute Gasteiger partial charge is 0.321 e. The molecule has 146 valence electrons. The Morgan fingerprint density at radius 1 is 1.07 bits per heavy atom. The third-order valence-electron chi connectivity index (χ3n) is 7.15. The van der Waals surface area contributed by atoms with Gasteiger partial charge in [0.15, 0.2) is 6.04 Å². The Labute approximate surface area is 161 Å². The summed E-state index contributed by atoms with van der Waals surface area (Å²) in [6.07, 6.45) is 9.76. The molecule has 1 aromatic carbocycles. The Morgan fingerprint density at radius 2 is 1.67 bits per heavy atom. The predicted octanol–water partition coefficient (Wildman–Crippen LogP) is 2.35. The third-order valence-corrected chi connectivity index (χ3v) is 7.15. The first-order valence-corrected chi connectivity index (χ1v) is 10.5. The fourth-order valence-corrected chi connectivity index (χ4v) is 6.46. The van der Waals surface area contributed by atoms with Crippen LogP contribution in [0, 0.1) is 23.2 Å². The van der Waals surface area contributed by atoms with Crippen molar-refractivity contribution in [2.45, 2.75) is 51.0 Å². The fraction of sp³-hybridized carbons (Fsp3) is 0.636. The van der Waals surface area contributed by atoms with Crippen molar-refractivity contribution >= 4 is 11.9 Å². The van der Waals surface area contributed by atoms with Crippen molar-refractivity contribution in [1.29, 1.82) is 0 Å². The van der Waals surface area contributed by atoms with Crippen molar-refractivity contribution in [3.63, 3.8) is 0 Å². The number of amides is 3. The fourth-order valence-electron chi connectivity index (χ4n) is 6.46. The van der Waals surface area contributed by atoms with Crippen LogP contribution in [-0.2, 0) is 4.79 Å². The molecule has 4 bridgehead atoms. The highest BCUT2D eigenvalue weighted by Gasteiger charge is 2.50. The highest BCUT2D eigenvalue weighted by Crippen LogP contribution is 2.61. The molecule has 0 unspecified atom stereocenters. The third kappa shape index (κ3) is 4.03. The molecule has 0 radical (unpaired) electrons. The Hall–Kier alpha value is -1.88. The molecule has 0 heterocycles. The van der Waals surface area contributed by atoms with E-state index in [1.165, 1.54) is 52.0 Å². The van der Waals surface area contributed by atoms with Crippen molar-refractivity contribution in [2.24, 2.45) is 23.2 Å². The maximum Gasteiger partial charge on any atom is 0.321 e. The number of carbonyl (C=O) groups excluding carboxylic acids is 2. The van der Waals surface area contributed by atoms with Crippen LogP contribution < -0.4 is 16.0 Å². The minimum absolute atomic E-state index is 0.244. The van der Waals surface area contributed by atoms with E-state index in [9.17, 15) is 9.59 Å². The summed E-state index contributed by atoms with van der Waals surface area (Å²) in [5, 5.41) is 7.05. The Kier molecular flexibility index (Phi) is 5.22. The summed E-state index contributed by atoms with van der Waals surface area (Å²) in [4.78, 5) is 24.3. The van der Waals surface area contributed by atoms with Crippen molar-refractivity contribution < 1.29 is 14.9 Å². The van der Waals surface area contributed by atoms with Gasteiger partial charge in [-0.2, -0.15) is 0 Å². The van der Waals surface area contributed by atoms with Gasteiger partial charge in [0.05, 0.1) is 6.54 Å². The maximum absolute atomic E-state index is 12.7. The zero-order valence-corrected chi connectivity index (χ0v) is 16.2. The molecule has 0 spiro atoms. The summed E-state index contributed by atoms with van der Waals surface area (Å²) in [6, 6.07) is 8.95. The number of urea groups is 1. The number of rotatable bonds is 6. The van der Waals surface area contributed by atoms with Gasteiger partial charge in [-0.1, -0.05) is 30.3 Å². The van der Waals surface area contributed by atoms with Gasteiger partial charge >= 0.3 is 6.03 Å². The van der Waals surface area contributed by atoms with E-state index in [1.807, 2.05) is 30.3 Å². The van der Waals surface area contributed by atoms with Gasteiger partial charge in [0, 0.05) is 19.0 Å². The predicted molar refractivity (Wildman–Crippen MR) is 104 cm³/mol. The van der Waals surface area contributed by atoms with E-state index in [4.69, 9.17) is 0 Å².